The Labute approximate surface area is 176 Å². The Bertz CT molecular complexity index is 750. The minimum absolute atomic E-state index is 0.201. The van der Waals surface area contributed by atoms with Crippen LogP contribution >= 0.6 is 11.6 Å². The maximum Gasteiger partial charge on any atom is 0.408 e. The van der Waals surface area contributed by atoms with Crippen LogP contribution in [0.4, 0.5) is 15.3 Å². The number of halogens is 1. The fourth-order valence-electron chi connectivity index (χ4n) is 2.93. The van der Waals surface area contributed by atoms with Crippen LogP contribution in [0.1, 0.15) is 34.1 Å². The Hall–Kier alpha value is -2.48. The quantitative estimate of drug-likeness (QED) is 0.778. The molecule has 0 aromatic heterocycles. The second-order valence-electron chi connectivity index (χ2n) is 7.97. The molecule has 1 aromatic carbocycles. The number of amides is 4. The Balaban J connectivity index is 1.87. The number of ether oxygens (including phenoxy) is 1. The van der Waals surface area contributed by atoms with E-state index < -0.39 is 17.7 Å². The largest absolute Gasteiger partial charge is 0.444 e. The van der Waals surface area contributed by atoms with Crippen molar-refractivity contribution < 1.29 is 19.1 Å². The summed E-state index contributed by atoms with van der Waals surface area (Å²) in [7, 11) is 0. The van der Waals surface area contributed by atoms with E-state index >= 15 is 0 Å². The predicted octanol–water partition coefficient (Wildman–Crippen LogP) is 3.32. The second kappa shape index (κ2) is 9.82. The molecule has 1 saturated heterocycles. The average molecular weight is 425 g/mol. The van der Waals surface area contributed by atoms with Crippen molar-refractivity contribution in [2.75, 3.05) is 31.5 Å². The normalized spacial score (nSPS) is 15.9. The van der Waals surface area contributed by atoms with Crippen LogP contribution in [0, 0.1) is 0 Å². The number of nitrogens with zero attached hydrogens (tertiary/aromatic N) is 2. The molecule has 0 spiro atoms. The third-order valence-corrected chi connectivity index (χ3v) is 4.51. The number of urea groups is 1. The van der Waals surface area contributed by atoms with Crippen LogP contribution < -0.4 is 10.6 Å². The van der Waals surface area contributed by atoms with Gasteiger partial charge in [0.15, 0.2) is 0 Å². The van der Waals surface area contributed by atoms with E-state index in [-0.39, 0.29) is 11.9 Å². The summed E-state index contributed by atoms with van der Waals surface area (Å²) in [6.45, 7) is 8.75. The smallest absolute Gasteiger partial charge is 0.408 e. The summed E-state index contributed by atoms with van der Waals surface area (Å²) in [4.78, 5) is 40.4. The first-order valence-electron chi connectivity index (χ1n) is 9.65. The molecule has 0 radical (unpaired) electrons. The summed E-state index contributed by atoms with van der Waals surface area (Å²) < 4.78 is 5.19. The molecule has 0 unspecified atom stereocenters. The topological polar surface area (TPSA) is 91.0 Å². The third-order valence-electron chi connectivity index (χ3n) is 4.27. The van der Waals surface area contributed by atoms with Gasteiger partial charge in [-0.05, 0) is 52.3 Å². The first kappa shape index (κ1) is 22.8. The van der Waals surface area contributed by atoms with Crippen molar-refractivity contribution in [2.45, 2.75) is 45.8 Å². The standard InChI is InChI=1S/C20H29ClN4O4/c1-14(22-19(28)29-20(2,3)4)17(26)24-9-6-10-25(12-11-24)18(27)23-16-8-5-7-15(21)13-16/h5,7-8,13-14H,6,9-12H2,1-4H3,(H,22,28)(H,23,27)/t14-/m1/s1. The molecule has 1 aliphatic rings. The summed E-state index contributed by atoms with van der Waals surface area (Å²) in [6, 6.07) is 6.00. The van der Waals surface area contributed by atoms with Crippen LogP contribution in [-0.2, 0) is 9.53 Å². The summed E-state index contributed by atoms with van der Waals surface area (Å²) in [6.07, 6.45) is 0.0177. The minimum atomic E-state index is -0.711. The molecule has 1 atom stereocenters. The van der Waals surface area contributed by atoms with Crippen molar-refractivity contribution in [3.63, 3.8) is 0 Å². The first-order valence-corrected chi connectivity index (χ1v) is 10.0. The number of hydrogen-bond acceptors (Lipinski definition) is 4. The van der Waals surface area contributed by atoms with Crippen LogP contribution in [0.15, 0.2) is 24.3 Å². The van der Waals surface area contributed by atoms with Gasteiger partial charge in [-0.2, -0.15) is 0 Å². The van der Waals surface area contributed by atoms with Gasteiger partial charge in [-0.15, -0.1) is 0 Å². The van der Waals surface area contributed by atoms with Gasteiger partial charge in [-0.3, -0.25) is 4.79 Å². The van der Waals surface area contributed by atoms with Gasteiger partial charge in [0.25, 0.3) is 0 Å². The van der Waals surface area contributed by atoms with Gasteiger partial charge >= 0.3 is 12.1 Å². The van der Waals surface area contributed by atoms with Crippen molar-refractivity contribution in [2.24, 2.45) is 0 Å². The monoisotopic (exact) mass is 424 g/mol. The molecule has 160 valence electrons. The number of alkyl carbamates (subject to hydrolysis) is 1. The van der Waals surface area contributed by atoms with Crippen molar-refractivity contribution in [3.05, 3.63) is 29.3 Å². The summed E-state index contributed by atoms with van der Waals surface area (Å²) >= 11 is 5.95. The maximum atomic E-state index is 12.7. The summed E-state index contributed by atoms with van der Waals surface area (Å²) in [5, 5.41) is 5.93. The molecule has 9 heteroatoms. The number of benzene rings is 1. The van der Waals surface area contributed by atoms with E-state index in [1.54, 1.807) is 61.8 Å². The van der Waals surface area contributed by atoms with Gasteiger partial charge in [0.2, 0.25) is 5.91 Å². The Kier molecular flexibility index (Phi) is 7.73. The van der Waals surface area contributed by atoms with Gasteiger partial charge in [0.1, 0.15) is 11.6 Å². The highest BCUT2D eigenvalue weighted by atomic mass is 35.5. The van der Waals surface area contributed by atoms with Crippen LogP contribution in [0.2, 0.25) is 5.02 Å². The lowest BCUT2D eigenvalue weighted by atomic mass is 10.2. The number of carbonyl (C=O) groups excluding carboxylic acids is 3. The average Bonchev–Trinajstić information content (AvgIpc) is 2.85. The molecule has 0 saturated carbocycles. The van der Waals surface area contributed by atoms with Crippen LogP contribution in [-0.4, -0.2) is 65.7 Å². The molecule has 4 amide bonds. The zero-order valence-electron chi connectivity index (χ0n) is 17.3. The van der Waals surface area contributed by atoms with Crippen molar-refractivity contribution in [1.82, 2.24) is 15.1 Å². The van der Waals surface area contributed by atoms with Crippen LogP contribution in [0.25, 0.3) is 0 Å². The van der Waals surface area contributed by atoms with Gasteiger partial charge in [-0.25, -0.2) is 9.59 Å². The van der Waals surface area contributed by atoms with Gasteiger partial charge in [0.05, 0.1) is 0 Å². The fourth-order valence-corrected chi connectivity index (χ4v) is 3.12. The zero-order valence-corrected chi connectivity index (χ0v) is 18.1. The number of rotatable bonds is 3. The maximum absolute atomic E-state index is 12.7. The molecule has 1 aliphatic heterocycles. The highest BCUT2D eigenvalue weighted by Crippen LogP contribution is 2.16. The minimum Gasteiger partial charge on any atom is -0.444 e. The van der Waals surface area contributed by atoms with Gasteiger partial charge in [0, 0.05) is 36.9 Å². The molecule has 1 aromatic rings. The molecule has 2 N–H and O–H groups in total. The molecule has 2 rings (SSSR count). The number of carbonyl (C=O) groups is 3. The lowest BCUT2D eigenvalue weighted by molar-refractivity contribution is -0.132. The number of anilines is 1. The molecule has 0 bridgehead atoms. The molecule has 29 heavy (non-hydrogen) atoms. The van der Waals surface area contributed by atoms with Crippen LogP contribution in [0.5, 0.6) is 0 Å². The van der Waals surface area contributed by atoms with E-state index in [0.29, 0.717) is 43.3 Å². The van der Waals surface area contributed by atoms with Crippen LogP contribution in [0.3, 0.4) is 0 Å². The number of nitrogens with one attached hydrogen (secondary N) is 2. The second-order valence-corrected chi connectivity index (χ2v) is 8.41. The molecular weight excluding hydrogens is 396 g/mol. The van der Waals surface area contributed by atoms with E-state index in [4.69, 9.17) is 16.3 Å². The highest BCUT2D eigenvalue weighted by Gasteiger charge is 2.27. The lowest BCUT2D eigenvalue weighted by Gasteiger charge is -2.26. The van der Waals surface area contributed by atoms with E-state index in [2.05, 4.69) is 10.6 Å². The Morgan fingerprint density at radius 3 is 2.41 bits per heavy atom. The zero-order chi connectivity index (χ0) is 21.6. The van der Waals surface area contributed by atoms with E-state index in [0.717, 1.165) is 0 Å². The number of hydrogen-bond donors (Lipinski definition) is 2. The van der Waals surface area contributed by atoms with Gasteiger partial charge in [-0.1, -0.05) is 17.7 Å². The summed E-state index contributed by atoms with van der Waals surface area (Å²) in [5.41, 5.74) is -0.0124. The molecule has 1 fully saturated rings. The predicted molar refractivity (Wildman–Crippen MR) is 112 cm³/mol. The molecule has 1 heterocycles. The first-order chi connectivity index (χ1) is 13.5. The SMILES string of the molecule is C[C@@H](NC(=O)OC(C)(C)C)C(=O)N1CCCN(C(=O)Nc2cccc(Cl)c2)CC1. The van der Waals surface area contributed by atoms with Crippen molar-refractivity contribution in [1.29, 1.82) is 0 Å². The van der Waals surface area contributed by atoms with E-state index in [1.165, 1.54) is 0 Å². The molecule has 0 aliphatic carbocycles. The molecular formula is C20H29ClN4O4. The van der Waals surface area contributed by atoms with E-state index in [9.17, 15) is 14.4 Å². The molecule has 8 nitrogen and oxygen atoms in total. The lowest BCUT2D eigenvalue weighted by Crippen LogP contribution is -2.49. The van der Waals surface area contributed by atoms with E-state index in [1.807, 2.05) is 0 Å². The Morgan fingerprint density at radius 1 is 1.10 bits per heavy atom. The summed E-state index contributed by atoms with van der Waals surface area (Å²) in [5.74, 6) is -0.201. The Morgan fingerprint density at radius 2 is 1.76 bits per heavy atom. The fraction of sp³-hybridized carbons (Fsp3) is 0.550. The highest BCUT2D eigenvalue weighted by molar-refractivity contribution is 6.30. The van der Waals surface area contributed by atoms with Gasteiger partial charge < -0.3 is 25.2 Å². The van der Waals surface area contributed by atoms with Crippen molar-refractivity contribution >= 4 is 35.3 Å². The van der Waals surface area contributed by atoms with Crippen molar-refractivity contribution in [3.8, 4) is 0 Å². The third kappa shape index (κ3) is 7.45.